The van der Waals surface area contributed by atoms with E-state index in [4.69, 9.17) is 44.6 Å². The molecule has 7 nitrogen and oxygen atoms in total. The van der Waals surface area contributed by atoms with Gasteiger partial charge in [0.05, 0.1) is 27.8 Å². The number of hydrogen-bond donors (Lipinski definition) is 1. The second-order valence-electron chi connectivity index (χ2n) is 8.31. The SMILES string of the molecule is O=C(COc1ccc(/C=C2\SC(=S)N(Cc3ccco3)C2=O)cc1)Nc1ncc(Cc2ccc(Cl)c(Cl)c2)s1. The van der Waals surface area contributed by atoms with Crippen molar-refractivity contribution in [2.75, 3.05) is 11.9 Å². The van der Waals surface area contributed by atoms with Gasteiger partial charge in [-0.15, -0.1) is 11.3 Å². The third-order valence-corrected chi connectivity index (χ3v) is 8.51. The minimum Gasteiger partial charge on any atom is -0.484 e. The molecule has 39 heavy (non-hydrogen) atoms. The molecular formula is C27H19Cl2N3O4S3. The van der Waals surface area contributed by atoms with Crippen LogP contribution >= 0.6 is 58.5 Å². The topological polar surface area (TPSA) is 84.7 Å². The molecule has 3 heterocycles. The van der Waals surface area contributed by atoms with Crippen LogP contribution in [0.2, 0.25) is 10.0 Å². The van der Waals surface area contributed by atoms with E-state index in [-0.39, 0.29) is 18.4 Å². The molecule has 0 aliphatic carbocycles. The van der Waals surface area contributed by atoms with E-state index in [1.54, 1.807) is 48.9 Å². The van der Waals surface area contributed by atoms with Gasteiger partial charge >= 0.3 is 0 Å². The number of amides is 2. The summed E-state index contributed by atoms with van der Waals surface area (Å²) in [5.74, 6) is 0.694. The smallest absolute Gasteiger partial charge is 0.266 e. The zero-order valence-corrected chi connectivity index (χ0v) is 24.0. The molecule has 5 rings (SSSR count). The van der Waals surface area contributed by atoms with E-state index >= 15 is 0 Å². The second-order valence-corrected chi connectivity index (χ2v) is 11.9. The summed E-state index contributed by atoms with van der Waals surface area (Å²) in [6.07, 6.45) is 5.68. The van der Waals surface area contributed by atoms with E-state index < -0.39 is 0 Å². The molecule has 1 aliphatic heterocycles. The van der Waals surface area contributed by atoms with Crippen molar-refractivity contribution in [3.05, 3.63) is 104 Å². The molecule has 12 heteroatoms. The van der Waals surface area contributed by atoms with Gasteiger partial charge in [-0.05, 0) is 53.6 Å². The zero-order valence-electron chi connectivity index (χ0n) is 20.1. The number of thiocarbonyl (C=S) groups is 1. The number of rotatable bonds is 9. The first-order valence-electron chi connectivity index (χ1n) is 11.5. The van der Waals surface area contributed by atoms with Gasteiger partial charge in [0.2, 0.25) is 0 Å². The van der Waals surface area contributed by atoms with E-state index in [1.165, 1.54) is 28.0 Å². The Kier molecular flexibility index (Phi) is 8.69. The third kappa shape index (κ3) is 7.09. The van der Waals surface area contributed by atoms with Gasteiger partial charge in [0.15, 0.2) is 11.7 Å². The maximum absolute atomic E-state index is 12.8. The van der Waals surface area contributed by atoms with Gasteiger partial charge in [0, 0.05) is 17.5 Å². The molecule has 0 unspecified atom stereocenters. The molecule has 0 spiro atoms. The number of aromatic nitrogens is 1. The Balaban J connectivity index is 1.11. The summed E-state index contributed by atoms with van der Waals surface area (Å²) < 4.78 is 11.4. The second kappa shape index (κ2) is 12.4. The summed E-state index contributed by atoms with van der Waals surface area (Å²) in [5.41, 5.74) is 1.81. The van der Waals surface area contributed by atoms with Gasteiger partial charge in [0.25, 0.3) is 11.8 Å². The Hall–Kier alpha value is -3.15. The lowest BCUT2D eigenvalue weighted by molar-refractivity contribution is -0.122. The Labute approximate surface area is 247 Å². The number of nitrogens with one attached hydrogen (secondary N) is 1. The third-order valence-electron chi connectivity index (χ3n) is 5.48. The Morgan fingerprint density at radius 1 is 1.15 bits per heavy atom. The van der Waals surface area contributed by atoms with Crippen LogP contribution in [0.5, 0.6) is 5.75 Å². The van der Waals surface area contributed by atoms with E-state index in [0.29, 0.717) is 48.9 Å². The molecule has 2 aromatic heterocycles. The van der Waals surface area contributed by atoms with Crippen LogP contribution in [0.1, 0.15) is 21.8 Å². The lowest BCUT2D eigenvalue weighted by atomic mass is 10.1. The minimum absolute atomic E-state index is 0.166. The largest absolute Gasteiger partial charge is 0.484 e. The monoisotopic (exact) mass is 615 g/mol. The number of thiazole rings is 1. The molecule has 1 N–H and O–H groups in total. The number of benzene rings is 2. The normalized spacial score (nSPS) is 14.3. The number of nitrogens with zero attached hydrogens (tertiary/aromatic N) is 2. The molecule has 198 valence electrons. The molecule has 0 bridgehead atoms. The van der Waals surface area contributed by atoms with Crippen molar-refractivity contribution in [3.8, 4) is 5.75 Å². The van der Waals surface area contributed by atoms with E-state index in [9.17, 15) is 9.59 Å². The molecule has 0 saturated carbocycles. The summed E-state index contributed by atoms with van der Waals surface area (Å²) in [7, 11) is 0. The van der Waals surface area contributed by atoms with Crippen LogP contribution < -0.4 is 10.1 Å². The first-order valence-corrected chi connectivity index (χ1v) is 14.3. The van der Waals surface area contributed by atoms with Gasteiger partial charge < -0.3 is 9.15 Å². The number of furan rings is 1. The number of ether oxygens (including phenoxy) is 1. The highest BCUT2D eigenvalue weighted by Gasteiger charge is 2.32. The lowest BCUT2D eigenvalue weighted by Gasteiger charge is -2.11. The van der Waals surface area contributed by atoms with Crippen LogP contribution in [0.4, 0.5) is 5.13 Å². The maximum atomic E-state index is 12.8. The van der Waals surface area contributed by atoms with Crippen molar-refractivity contribution in [1.29, 1.82) is 0 Å². The number of halogens is 2. The lowest BCUT2D eigenvalue weighted by Crippen LogP contribution is -2.27. The number of hydrogen-bond acceptors (Lipinski definition) is 8. The highest BCUT2D eigenvalue weighted by Crippen LogP contribution is 2.34. The number of carbonyl (C=O) groups is 2. The zero-order chi connectivity index (χ0) is 27.4. The quantitative estimate of drug-likeness (QED) is 0.159. The Morgan fingerprint density at radius 3 is 2.72 bits per heavy atom. The molecule has 4 aromatic rings. The van der Waals surface area contributed by atoms with E-state index in [1.807, 2.05) is 24.3 Å². The fraction of sp³-hybridized carbons (Fsp3) is 0.111. The highest BCUT2D eigenvalue weighted by molar-refractivity contribution is 8.26. The van der Waals surface area contributed by atoms with Crippen LogP contribution in [-0.2, 0) is 22.6 Å². The fourth-order valence-corrected chi connectivity index (χ4v) is 6.05. The average molecular weight is 617 g/mol. The summed E-state index contributed by atoms with van der Waals surface area (Å²) in [5, 5.41) is 4.24. The molecule has 1 saturated heterocycles. The first kappa shape index (κ1) is 27.4. The molecule has 0 atom stereocenters. The molecule has 0 radical (unpaired) electrons. The first-order chi connectivity index (χ1) is 18.8. The predicted molar refractivity (Wildman–Crippen MR) is 159 cm³/mol. The van der Waals surface area contributed by atoms with Crippen LogP contribution in [0.3, 0.4) is 0 Å². The van der Waals surface area contributed by atoms with Crippen molar-refractivity contribution in [3.63, 3.8) is 0 Å². The van der Waals surface area contributed by atoms with Crippen LogP contribution in [0, 0.1) is 0 Å². The van der Waals surface area contributed by atoms with E-state index in [0.717, 1.165) is 16.0 Å². The summed E-state index contributed by atoms with van der Waals surface area (Å²) in [4.78, 5) is 32.4. The van der Waals surface area contributed by atoms with Crippen molar-refractivity contribution >= 4 is 85.9 Å². The van der Waals surface area contributed by atoms with Gasteiger partial charge in [-0.2, -0.15) is 0 Å². The van der Waals surface area contributed by atoms with Gasteiger partial charge in [-0.1, -0.05) is 65.4 Å². The molecule has 1 fully saturated rings. The van der Waals surface area contributed by atoms with Crippen LogP contribution in [0.25, 0.3) is 6.08 Å². The molecule has 2 amide bonds. The molecular weight excluding hydrogens is 597 g/mol. The van der Waals surface area contributed by atoms with Crippen molar-refractivity contribution in [1.82, 2.24) is 9.88 Å². The fourth-order valence-electron chi connectivity index (χ4n) is 3.61. The predicted octanol–water partition coefficient (Wildman–Crippen LogP) is 7.05. The van der Waals surface area contributed by atoms with Crippen LogP contribution in [0.15, 0.2) is 76.4 Å². The highest BCUT2D eigenvalue weighted by atomic mass is 35.5. The molecule has 2 aromatic carbocycles. The van der Waals surface area contributed by atoms with Crippen molar-refractivity contribution < 1.29 is 18.7 Å². The van der Waals surface area contributed by atoms with Gasteiger partial charge in [-0.25, -0.2) is 4.98 Å². The standard InChI is InChI=1S/C27H19Cl2N3O4S3/c28-21-8-5-17(11-22(21)29)10-20-13-30-26(38-20)31-24(33)15-36-18-6-3-16(4-7-18)12-23-25(34)32(27(37)39-23)14-19-2-1-9-35-19/h1-9,11-13H,10,14-15H2,(H,30,31,33)/b23-12-. The minimum atomic E-state index is -0.324. The van der Waals surface area contributed by atoms with Gasteiger partial charge in [-0.3, -0.25) is 19.8 Å². The number of carbonyl (C=O) groups excluding carboxylic acids is 2. The average Bonchev–Trinajstić information content (AvgIpc) is 3.65. The summed E-state index contributed by atoms with van der Waals surface area (Å²) in [6, 6.07) is 16.1. The Morgan fingerprint density at radius 2 is 1.97 bits per heavy atom. The summed E-state index contributed by atoms with van der Waals surface area (Å²) >= 11 is 20.0. The van der Waals surface area contributed by atoms with E-state index in [2.05, 4.69) is 10.3 Å². The van der Waals surface area contributed by atoms with Gasteiger partial charge in [0.1, 0.15) is 15.8 Å². The number of anilines is 1. The maximum Gasteiger partial charge on any atom is 0.266 e. The molecule has 1 aliphatic rings. The Bertz CT molecular complexity index is 1550. The van der Waals surface area contributed by atoms with Crippen LogP contribution in [-0.4, -0.2) is 32.6 Å². The van der Waals surface area contributed by atoms with Crippen molar-refractivity contribution in [2.24, 2.45) is 0 Å². The number of thioether (sulfide) groups is 1. The van der Waals surface area contributed by atoms with Crippen molar-refractivity contribution in [2.45, 2.75) is 13.0 Å². The summed E-state index contributed by atoms with van der Waals surface area (Å²) in [6.45, 7) is 0.121.